The lowest BCUT2D eigenvalue weighted by molar-refractivity contribution is -0.134. The predicted octanol–water partition coefficient (Wildman–Crippen LogP) is 4.35. The quantitative estimate of drug-likeness (QED) is 0.215. The zero-order valence-electron chi connectivity index (χ0n) is 18.5. The Morgan fingerprint density at radius 3 is 2.20 bits per heavy atom. The molecule has 0 fully saturated rings. The number of carbonyl (C=O) groups is 2. The first kappa shape index (κ1) is 27.8. The second-order valence-corrected chi connectivity index (χ2v) is 8.17. The largest absolute Gasteiger partial charge is 0.508 e. The molecule has 0 aliphatic heterocycles. The van der Waals surface area contributed by atoms with Crippen LogP contribution in [-0.2, 0) is 9.59 Å². The van der Waals surface area contributed by atoms with Crippen LogP contribution in [0.1, 0.15) is 51.5 Å². The Labute approximate surface area is 183 Å². The molecule has 1 unspecified atom stereocenters. The highest BCUT2D eigenvalue weighted by Gasteiger charge is 2.21. The maximum absolute atomic E-state index is 10.5. The molecule has 0 amide bonds. The average Bonchev–Trinajstić information content (AvgIpc) is 2.68. The van der Waals surface area contributed by atoms with Gasteiger partial charge >= 0.3 is 11.9 Å². The van der Waals surface area contributed by atoms with Gasteiger partial charge in [0.1, 0.15) is 11.5 Å². The van der Waals surface area contributed by atoms with Gasteiger partial charge in [-0.15, -0.1) is 11.8 Å². The zero-order chi connectivity index (χ0) is 23.1. The number of aromatic hydroxyl groups is 1. The molecular formula is C22H35NO6S. The van der Waals surface area contributed by atoms with Crippen molar-refractivity contribution in [2.24, 2.45) is 5.92 Å². The second kappa shape index (κ2) is 15.6. The van der Waals surface area contributed by atoms with Crippen molar-refractivity contribution in [3.63, 3.8) is 0 Å². The molecule has 1 atom stereocenters. The number of carboxylic acid groups (broad SMARTS) is 2. The Morgan fingerprint density at radius 2 is 1.77 bits per heavy atom. The van der Waals surface area contributed by atoms with E-state index in [9.17, 15) is 14.7 Å². The molecule has 170 valence electrons. The van der Waals surface area contributed by atoms with Crippen LogP contribution >= 0.6 is 11.8 Å². The van der Waals surface area contributed by atoms with Gasteiger partial charge in [0.2, 0.25) is 0 Å². The third kappa shape index (κ3) is 11.1. The molecule has 30 heavy (non-hydrogen) atoms. The van der Waals surface area contributed by atoms with E-state index in [0.29, 0.717) is 23.8 Å². The summed E-state index contributed by atoms with van der Waals surface area (Å²) in [4.78, 5) is 20.1. The van der Waals surface area contributed by atoms with E-state index in [1.807, 2.05) is 19.2 Å². The van der Waals surface area contributed by atoms with E-state index >= 15 is 0 Å². The summed E-state index contributed by atoms with van der Waals surface area (Å²) in [6.07, 6.45) is 4.78. The highest BCUT2D eigenvalue weighted by Crippen LogP contribution is 2.40. The maximum atomic E-state index is 10.5. The van der Waals surface area contributed by atoms with Crippen LogP contribution < -0.4 is 10.1 Å². The SMILES string of the molecule is CCCCCSc1cc(O)c(C(CNC)C(C)C)cc1OC.O=C(O)/C=C\C(=O)O. The number of likely N-dealkylation sites (N-methyl/N-ethyl adjacent to an activating group) is 1. The van der Waals surface area contributed by atoms with Crippen molar-refractivity contribution in [1.29, 1.82) is 0 Å². The lowest BCUT2D eigenvalue weighted by Gasteiger charge is -2.23. The summed E-state index contributed by atoms with van der Waals surface area (Å²) in [5.74, 6) is 0.528. The lowest BCUT2D eigenvalue weighted by atomic mass is 9.87. The Morgan fingerprint density at radius 1 is 1.17 bits per heavy atom. The summed E-state index contributed by atoms with van der Waals surface area (Å²) >= 11 is 1.77. The first-order chi connectivity index (χ1) is 14.2. The molecule has 0 spiro atoms. The first-order valence-electron chi connectivity index (χ1n) is 10.00. The van der Waals surface area contributed by atoms with E-state index in [2.05, 4.69) is 26.1 Å². The standard InChI is InChI=1S/C18H31NO2S.C4H4O4/c1-6-7-8-9-22-18-11-16(20)14(10-17(18)21-5)15(12-19-4)13(2)3;5-3(6)1-2-4(7)8/h10-11,13,15,19-20H,6-9,12H2,1-5H3;1-2H,(H,5,6)(H,7,8)/b;2-1-. The van der Waals surface area contributed by atoms with E-state index in [1.54, 1.807) is 18.9 Å². The number of unbranched alkanes of at least 4 members (excludes halogenated alkanes) is 2. The van der Waals surface area contributed by atoms with Gasteiger partial charge in [0.15, 0.2) is 0 Å². The molecule has 0 heterocycles. The van der Waals surface area contributed by atoms with E-state index in [4.69, 9.17) is 14.9 Å². The van der Waals surface area contributed by atoms with Crippen LogP contribution in [0, 0.1) is 5.92 Å². The number of rotatable bonds is 12. The molecule has 7 nitrogen and oxygen atoms in total. The van der Waals surface area contributed by atoms with Crippen LogP contribution in [0.5, 0.6) is 11.5 Å². The van der Waals surface area contributed by atoms with Gasteiger partial charge in [0.25, 0.3) is 0 Å². The molecule has 0 radical (unpaired) electrons. The number of phenolic OH excluding ortho intramolecular Hbond substituents is 1. The molecule has 1 aromatic rings. The maximum Gasteiger partial charge on any atom is 0.328 e. The number of methoxy groups -OCH3 is 1. The molecule has 0 bridgehead atoms. The predicted molar refractivity (Wildman–Crippen MR) is 121 cm³/mol. The fourth-order valence-electron chi connectivity index (χ4n) is 2.74. The molecule has 0 saturated heterocycles. The molecule has 1 rings (SSSR count). The third-order valence-corrected chi connectivity index (χ3v) is 5.44. The fourth-order valence-corrected chi connectivity index (χ4v) is 3.78. The van der Waals surface area contributed by atoms with Gasteiger partial charge < -0.3 is 25.4 Å². The zero-order valence-corrected chi connectivity index (χ0v) is 19.3. The van der Waals surface area contributed by atoms with Gasteiger partial charge in [-0.3, -0.25) is 0 Å². The van der Waals surface area contributed by atoms with Crippen molar-refractivity contribution in [3.8, 4) is 11.5 Å². The van der Waals surface area contributed by atoms with E-state index < -0.39 is 11.9 Å². The smallest absolute Gasteiger partial charge is 0.328 e. The van der Waals surface area contributed by atoms with Gasteiger partial charge in [0, 0.05) is 30.2 Å². The summed E-state index contributed by atoms with van der Waals surface area (Å²) in [5.41, 5.74) is 0.971. The molecule has 0 saturated carbocycles. The fraction of sp³-hybridized carbons (Fsp3) is 0.545. The van der Waals surface area contributed by atoms with Crippen molar-refractivity contribution in [2.45, 2.75) is 50.8 Å². The summed E-state index contributed by atoms with van der Waals surface area (Å²) < 4.78 is 5.55. The number of ether oxygens (including phenoxy) is 1. The van der Waals surface area contributed by atoms with E-state index in [-0.39, 0.29) is 5.92 Å². The number of nitrogens with one attached hydrogen (secondary N) is 1. The van der Waals surface area contributed by atoms with Crippen molar-refractivity contribution < 1.29 is 29.6 Å². The minimum atomic E-state index is -1.26. The number of thioether (sulfide) groups is 1. The van der Waals surface area contributed by atoms with Crippen molar-refractivity contribution >= 4 is 23.7 Å². The topological polar surface area (TPSA) is 116 Å². The van der Waals surface area contributed by atoms with Gasteiger partial charge in [-0.25, -0.2) is 9.59 Å². The number of carboxylic acids is 2. The molecule has 4 N–H and O–H groups in total. The summed E-state index contributed by atoms with van der Waals surface area (Å²) in [6, 6.07) is 3.88. The van der Waals surface area contributed by atoms with Gasteiger partial charge in [-0.05, 0) is 37.3 Å². The molecule has 0 aromatic heterocycles. The van der Waals surface area contributed by atoms with Crippen molar-refractivity contribution in [1.82, 2.24) is 5.32 Å². The van der Waals surface area contributed by atoms with Crippen LogP contribution in [-0.4, -0.2) is 53.7 Å². The lowest BCUT2D eigenvalue weighted by Crippen LogP contribution is -2.21. The Kier molecular flexibility index (Phi) is 14.5. The van der Waals surface area contributed by atoms with Crippen molar-refractivity contribution in [2.75, 3.05) is 26.5 Å². The van der Waals surface area contributed by atoms with Crippen LogP contribution in [0.4, 0.5) is 0 Å². The minimum Gasteiger partial charge on any atom is -0.508 e. The third-order valence-electron chi connectivity index (χ3n) is 4.32. The van der Waals surface area contributed by atoms with Crippen LogP contribution in [0.25, 0.3) is 0 Å². The highest BCUT2D eigenvalue weighted by molar-refractivity contribution is 7.99. The first-order valence-corrected chi connectivity index (χ1v) is 11.0. The molecule has 8 heteroatoms. The molecule has 1 aromatic carbocycles. The van der Waals surface area contributed by atoms with E-state index in [0.717, 1.165) is 28.5 Å². The van der Waals surface area contributed by atoms with Gasteiger partial charge in [-0.1, -0.05) is 33.6 Å². The molecule has 0 aliphatic rings. The highest BCUT2D eigenvalue weighted by atomic mass is 32.2. The minimum absolute atomic E-state index is 0.276. The Bertz CT molecular complexity index is 674. The Hall–Kier alpha value is -2.19. The Balaban J connectivity index is 0.000000890. The average molecular weight is 442 g/mol. The molecule has 0 aliphatic carbocycles. The molecular weight excluding hydrogens is 406 g/mol. The van der Waals surface area contributed by atoms with Gasteiger partial charge in [-0.2, -0.15) is 0 Å². The monoisotopic (exact) mass is 441 g/mol. The van der Waals surface area contributed by atoms with Crippen LogP contribution in [0.2, 0.25) is 0 Å². The van der Waals surface area contributed by atoms with E-state index in [1.165, 1.54) is 19.3 Å². The number of benzene rings is 1. The summed E-state index contributed by atoms with van der Waals surface area (Å²) in [5, 5.41) is 29.3. The number of hydrogen-bond acceptors (Lipinski definition) is 6. The van der Waals surface area contributed by atoms with Crippen molar-refractivity contribution in [3.05, 3.63) is 29.8 Å². The number of phenols is 1. The van der Waals surface area contributed by atoms with Crippen LogP contribution in [0.3, 0.4) is 0 Å². The van der Waals surface area contributed by atoms with Gasteiger partial charge in [0.05, 0.1) is 12.0 Å². The normalized spacial score (nSPS) is 11.8. The number of hydrogen-bond donors (Lipinski definition) is 4. The second-order valence-electron chi connectivity index (χ2n) is 7.04. The summed E-state index contributed by atoms with van der Waals surface area (Å²) in [7, 11) is 3.65. The summed E-state index contributed by atoms with van der Waals surface area (Å²) in [6.45, 7) is 7.42. The number of aliphatic carboxylic acids is 2. The van der Waals surface area contributed by atoms with Crippen LogP contribution in [0.15, 0.2) is 29.2 Å².